The first-order valence-corrected chi connectivity index (χ1v) is 7.45. The first kappa shape index (κ1) is 12.7. The second-order valence-electron chi connectivity index (χ2n) is 5.54. The van der Waals surface area contributed by atoms with Crippen molar-refractivity contribution in [2.75, 3.05) is 0 Å². The van der Waals surface area contributed by atoms with Gasteiger partial charge < -0.3 is 0 Å². The van der Waals surface area contributed by atoms with E-state index in [9.17, 15) is 0 Å². The van der Waals surface area contributed by atoms with Crippen molar-refractivity contribution in [1.29, 1.82) is 0 Å². The molecule has 0 saturated heterocycles. The Balaban J connectivity index is 1.95. The maximum Gasteiger partial charge on any atom is 0.0209 e. The molecule has 94 valence electrons. The van der Waals surface area contributed by atoms with E-state index in [1.54, 1.807) is 11.1 Å². The van der Waals surface area contributed by atoms with Crippen LogP contribution in [0.15, 0.2) is 24.3 Å². The van der Waals surface area contributed by atoms with E-state index in [0.717, 1.165) is 0 Å². The summed E-state index contributed by atoms with van der Waals surface area (Å²) in [6, 6.07) is 9.13. The molecule has 0 unspecified atom stereocenters. The van der Waals surface area contributed by atoms with Crippen molar-refractivity contribution in [3.05, 3.63) is 35.4 Å². The van der Waals surface area contributed by atoms with Gasteiger partial charge >= 0.3 is 0 Å². The number of unbranched alkanes of at least 4 members (excludes halogenated alkanes) is 4. The van der Waals surface area contributed by atoms with E-state index in [-0.39, 0.29) is 0 Å². The molecule has 0 bridgehead atoms. The molecule has 0 saturated carbocycles. The van der Waals surface area contributed by atoms with Crippen LogP contribution in [-0.2, 0) is 5.41 Å². The second kappa shape index (κ2) is 5.71. The minimum absolute atomic E-state index is 0.508. The maximum atomic E-state index is 2.35. The van der Waals surface area contributed by atoms with Crippen LogP contribution in [0.4, 0.5) is 0 Å². The molecule has 0 N–H and O–H groups in total. The smallest absolute Gasteiger partial charge is 0.0209 e. The molecule has 17 heavy (non-hydrogen) atoms. The molecular formula is C17H26. The standard InChI is InChI=1S/C17H26/c1-3-5-9-13-17(14-10-6-4-2)15-11-7-8-12-16(15)17/h7-8,11-12H,3-6,9-10,13-14H2,1-2H3. The molecule has 0 nitrogen and oxygen atoms in total. The number of fused-ring (bicyclic) bond motifs is 1. The molecule has 2 rings (SSSR count). The summed E-state index contributed by atoms with van der Waals surface area (Å²) in [7, 11) is 0. The van der Waals surface area contributed by atoms with Crippen LogP contribution >= 0.6 is 0 Å². The highest BCUT2D eigenvalue weighted by molar-refractivity contribution is 5.59. The summed E-state index contributed by atoms with van der Waals surface area (Å²) in [6.07, 6.45) is 11.0. The normalized spacial score (nSPS) is 15.6. The quantitative estimate of drug-likeness (QED) is 0.521. The first-order valence-electron chi connectivity index (χ1n) is 7.45. The molecule has 0 heteroatoms. The molecule has 1 aliphatic carbocycles. The van der Waals surface area contributed by atoms with Gasteiger partial charge in [-0.05, 0) is 24.0 Å². The van der Waals surface area contributed by atoms with E-state index < -0.39 is 0 Å². The molecule has 0 radical (unpaired) electrons. The van der Waals surface area contributed by atoms with Crippen molar-refractivity contribution in [1.82, 2.24) is 0 Å². The van der Waals surface area contributed by atoms with Crippen molar-refractivity contribution in [3.63, 3.8) is 0 Å². The van der Waals surface area contributed by atoms with Gasteiger partial charge in [0.2, 0.25) is 0 Å². The third kappa shape index (κ3) is 2.56. The Morgan fingerprint density at radius 2 is 1.24 bits per heavy atom. The predicted octanol–water partition coefficient (Wildman–Crippen LogP) is 5.45. The Kier molecular flexibility index (Phi) is 4.25. The van der Waals surface area contributed by atoms with Crippen molar-refractivity contribution in [2.24, 2.45) is 0 Å². The molecule has 0 aliphatic heterocycles. The van der Waals surface area contributed by atoms with Gasteiger partial charge in [0.25, 0.3) is 0 Å². The van der Waals surface area contributed by atoms with Gasteiger partial charge in [0.05, 0.1) is 0 Å². The second-order valence-corrected chi connectivity index (χ2v) is 5.54. The molecule has 0 atom stereocenters. The van der Waals surface area contributed by atoms with Gasteiger partial charge in [-0.3, -0.25) is 0 Å². The molecular weight excluding hydrogens is 204 g/mol. The summed E-state index contributed by atoms with van der Waals surface area (Å²) in [5, 5.41) is 0. The van der Waals surface area contributed by atoms with Gasteiger partial charge in [-0.25, -0.2) is 0 Å². The summed E-state index contributed by atoms with van der Waals surface area (Å²) in [5.41, 5.74) is 3.83. The fourth-order valence-electron chi connectivity index (χ4n) is 3.23. The van der Waals surface area contributed by atoms with E-state index >= 15 is 0 Å². The van der Waals surface area contributed by atoms with Crippen LogP contribution in [0.3, 0.4) is 0 Å². The predicted molar refractivity (Wildman–Crippen MR) is 75.5 cm³/mol. The SMILES string of the molecule is CCCCCC1(CCCCC)c2ccccc21. The van der Waals surface area contributed by atoms with E-state index in [1.165, 1.54) is 51.4 Å². The van der Waals surface area contributed by atoms with E-state index in [1.807, 2.05) is 0 Å². The lowest BCUT2D eigenvalue weighted by Crippen LogP contribution is -2.08. The van der Waals surface area contributed by atoms with E-state index in [0.29, 0.717) is 5.41 Å². The van der Waals surface area contributed by atoms with Crippen LogP contribution in [0.25, 0.3) is 0 Å². The molecule has 1 aromatic carbocycles. The van der Waals surface area contributed by atoms with Crippen molar-refractivity contribution in [3.8, 4) is 0 Å². The van der Waals surface area contributed by atoms with Crippen LogP contribution < -0.4 is 0 Å². The van der Waals surface area contributed by atoms with Crippen molar-refractivity contribution >= 4 is 0 Å². The van der Waals surface area contributed by atoms with Crippen molar-refractivity contribution in [2.45, 2.75) is 70.6 Å². The average Bonchev–Trinajstić information content (AvgIpc) is 2.99. The largest absolute Gasteiger partial charge is 0.0654 e. The van der Waals surface area contributed by atoms with Gasteiger partial charge in [0.1, 0.15) is 0 Å². The first-order chi connectivity index (χ1) is 8.35. The highest BCUT2D eigenvalue weighted by Crippen LogP contribution is 2.56. The van der Waals surface area contributed by atoms with Crippen LogP contribution in [0.5, 0.6) is 0 Å². The zero-order valence-electron chi connectivity index (χ0n) is 11.5. The van der Waals surface area contributed by atoms with Gasteiger partial charge in [0, 0.05) is 5.41 Å². The Bertz CT molecular complexity index is 316. The van der Waals surface area contributed by atoms with Gasteiger partial charge in [0.15, 0.2) is 0 Å². The van der Waals surface area contributed by atoms with Crippen LogP contribution in [0.1, 0.15) is 76.3 Å². The summed E-state index contributed by atoms with van der Waals surface area (Å²) >= 11 is 0. The Hall–Kier alpha value is -0.780. The zero-order valence-corrected chi connectivity index (χ0v) is 11.5. The van der Waals surface area contributed by atoms with Gasteiger partial charge in [-0.2, -0.15) is 0 Å². The highest BCUT2D eigenvalue weighted by Gasteiger charge is 2.47. The van der Waals surface area contributed by atoms with Gasteiger partial charge in [-0.1, -0.05) is 76.6 Å². The Morgan fingerprint density at radius 3 is 1.65 bits per heavy atom. The topological polar surface area (TPSA) is 0 Å². The maximum absolute atomic E-state index is 2.35. The number of hydrogen-bond donors (Lipinski definition) is 0. The summed E-state index contributed by atoms with van der Waals surface area (Å²) in [5.74, 6) is 0. The molecule has 1 aromatic rings. The third-order valence-corrected chi connectivity index (χ3v) is 4.31. The van der Waals surface area contributed by atoms with Gasteiger partial charge in [-0.15, -0.1) is 0 Å². The monoisotopic (exact) mass is 230 g/mol. The van der Waals surface area contributed by atoms with Crippen LogP contribution in [0.2, 0.25) is 0 Å². The number of hydrogen-bond acceptors (Lipinski definition) is 0. The molecule has 1 aliphatic rings. The average molecular weight is 230 g/mol. The number of rotatable bonds is 8. The lowest BCUT2D eigenvalue weighted by atomic mass is 9.88. The minimum Gasteiger partial charge on any atom is -0.0654 e. The molecule has 0 fully saturated rings. The lowest BCUT2D eigenvalue weighted by molar-refractivity contribution is 0.465. The molecule has 0 aromatic heterocycles. The Morgan fingerprint density at radius 1 is 0.765 bits per heavy atom. The van der Waals surface area contributed by atoms with Crippen LogP contribution in [0, 0.1) is 0 Å². The molecule has 0 amide bonds. The summed E-state index contributed by atoms with van der Waals surface area (Å²) in [6.45, 7) is 4.59. The van der Waals surface area contributed by atoms with E-state index in [4.69, 9.17) is 0 Å². The third-order valence-electron chi connectivity index (χ3n) is 4.31. The zero-order chi connectivity index (χ0) is 12.1. The van der Waals surface area contributed by atoms with E-state index in [2.05, 4.69) is 38.1 Å². The summed E-state index contributed by atoms with van der Waals surface area (Å²) < 4.78 is 0. The lowest BCUT2D eigenvalue weighted by Gasteiger charge is -2.16. The fraction of sp³-hybridized carbons (Fsp3) is 0.647. The molecule has 0 heterocycles. The van der Waals surface area contributed by atoms with Crippen LogP contribution in [-0.4, -0.2) is 0 Å². The number of benzene rings is 1. The summed E-state index contributed by atoms with van der Waals surface area (Å²) in [4.78, 5) is 0. The Labute approximate surface area is 106 Å². The highest BCUT2D eigenvalue weighted by atomic mass is 14.5. The van der Waals surface area contributed by atoms with Crippen molar-refractivity contribution < 1.29 is 0 Å². The molecule has 0 spiro atoms. The fourth-order valence-corrected chi connectivity index (χ4v) is 3.23. The minimum atomic E-state index is 0.508.